The quantitative estimate of drug-likeness (QED) is 0.832. The lowest BCUT2D eigenvalue weighted by Gasteiger charge is -2.08. The second-order valence-electron chi connectivity index (χ2n) is 4.38. The zero-order valence-corrected chi connectivity index (χ0v) is 13.2. The number of anilines is 1. The van der Waals surface area contributed by atoms with Crippen molar-refractivity contribution in [3.8, 4) is 0 Å². The van der Waals surface area contributed by atoms with E-state index in [0.29, 0.717) is 16.2 Å². The molecule has 0 radical (unpaired) electrons. The van der Waals surface area contributed by atoms with Gasteiger partial charge < -0.3 is 11.1 Å². The van der Waals surface area contributed by atoms with Gasteiger partial charge in [0, 0.05) is 15.7 Å². The number of carbonyl (C=O) groups is 1. The fourth-order valence-corrected chi connectivity index (χ4v) is 2.29. The summed E-state index contributed by atoms with van der Waals surface area (Å²) in [6.45, 7) is 1.94. The van der Waals surface area contributed by atoms with E-state index in [1.54, 1.807) is 24.3 Å². The summed E-state index contributed by atoms with van der Waals surface area (Å²) in [5.41, 5.74) is 8.63. The van der Waals surface area contributed by atoms with E-state index in [-0.39, 0.29) is 5.91 Å². The highest BCUT2D eigenvalue weighted by atomic mass is 79.9. The molecule has 20 heavy (non-hydrogen) atoms. The molecule has 0 spiro atoms. The summed E-state index contributed by atoms with van der Waals surface area (Å²) in [5, 5.41) is 2.84. The van der Waals surface area contributed by atoms with Crippen LogP contribution in [0.1, 0.15) is 21.5 Å². The molecule has 0 aliphatic carbocycles. The van der Waals surface area contributed by atoms with Crippen LogP contribution < -0.4 is 11.1 Å². The minimum absolute atomic E-state index is 0.163. The molecule has 2 aromatic rings. The van der Waals surface area contributed by atoms with Crippen molar-refractivity contribution < 1.29 is 4.79 Å². The molecule has 0 bridgehead atoms. The standard InChI is InChI=1S/C15H13BrN2OS/c1-9-2-7-13(16)12(8-9)15(19)18-11-5-3-10(4-6-11)14(17)20/h2-8H,1H3,(H2,17,20)(H,18,19). The number of carbonyl (C=O) groups excluding carboxylic acids is 1. The Labute approximate surface area is 131 Å². The minimum Gasteiger partial charge on any atom is -0.389 e. The zero-order valence-electron chi connectivity index (χ0n) is 10.8. The molecule has 0 aliphatic rings. The van der Waals surface area contributed by atoms with Gasteiger partial charge in [-0.25, -0.2) is 0 Å². The maximum atomic E-state index is 12.2. The summed E-state index contributed by atoms with van der Waals surface area (Å²) in [7, 11) is 0. The number of hydrogen-bond acceptors (Lipinski definition) is 2. The van der Waals surface area contributed by atoms with Gasteiger partial charge in [-0.1, -0.05) is 23.8 Å². The molecule has 102 valence electrons. The highest BCUT2D eigenvalue weighted by molar-refractivity contribution is 9.10. The van der Waals surface area contributed by atoms with Gasteiger partial charge in [0.1, 0.15) is 4.99 Å². The van der Waals surface area contributed by atoms with Crippen LogP contribution in [0.25, 0.3) is 0 Å². The summed E-state index contributed by atoms with van der Waals surface area (Å²) in [6, 6.07) is 12.7. The fraction of sp³-hybridized carbons (Fsp3) is 0.0667. The van der Waals surface area contributed by atoms with E-state index in [0.717, 1.165) is 15.6 Å². The lowest BCUT2D eigenvalue weighted by Crippen LogP contribution is -2.13. The Bertz CT molecular complexity index is 668. The van der Waals surface area contributed by atoms with Crippen molar-refractivity contribution in [2.24, 2.45) is 5.73 Å². The number of nitrogens with one attached hydrogen (secondary N) is 1. The normalized spacial score (nSPS) is 10.1. The third-order valence-corrected chi connectivity index (χ3v) is 3.72. The number of rotatable bonds is 3. The molecule has 0 saturated heterocycles. The van der Waals surface area contributed by atoms with E-state index in [2.05, 4.69) is 21.2 Å². The first-order valence-corrected chi connectivity index (χ1v) is 7.15. The zero-order chi connectivity index (χ0) is 14.7. The molecule has 0 aliphatic heterocycles. The summed E-state index contributed by atoms with van der Waals surface area (Å²) in [4.78, 5) is 12.6. The van der Waals surface area contributed by atoms with E-state index in [1.807, 2.05) is 25.1 Å². The van der Waals surface area contributed by atoms with Gasteiger partial charge in [0.2, 0.25) is 0 Å². The van der Waals surface area contributed by atoms with Gasteiger partial charge >= 0.3 is 0 Å². The fourth-order valence-electron chi connectivity index (χ4n) is 1.73. The molecule has 0 atom stereocenters. The Hall–Kier alpha value is -1.72. The molecular weight excluding hydrogens is 336 g/mol. The second-order valence-corrected chi connectivity index (χ2v) is 5.67. The predicted octanol–water partition coefficient (Wildman–Crippen LogP) is 3.64. The molecular formula is C15H13BrN2OS. The number of hydrogen-bond donors (Lipinski definition) is 2. The smallest absolute Gasteiger partial charge is 0.256 e. The number of halogens is 1. The predicted molar refractivity (Wildman–Crippen MR) is 89.2 cm³/mol. The van der Waals surface area contributed by atoms with Crippen LogP contribution in [0.5, 0.6) is 0 Å². The molecule has 0 saturated carbocycles. The molecule has 2 aromatic carbocycles. The third kappa shape index (κ3) is 3.43. The lowest BCUT2D eigenvalue weighted by molar-refractivity contribution is 0.102. The number of aryl methyl sites for hydroxylation is 1. The van der Waals surface area contributed by atoms with Crippen LogP contribution in [0, 0.1) is 6.92 Å². The molecule has 0 aromatic heterocycles. The summed E-state index contributed by atoms with van der Waals surface area (Å²) >= 11 is 8.27. The van der Waals surface area contributed by atoms with Crippen molar-refractivity contribution in [1.29, 1.82) is 0 Å². The molecule has 3 N–H and O–H groups in total. The van der Waals surface area contributed by atoms with Gasteiger partial charge in [-0.3, -0.25) is 4.79 Å². The van der Waals surface area contributed by atoms with Gasteiger partial charge in [-0.05, 0) is 59.3 Å². The van der Waals surface area contributed by atoms with E-state index in [4.69, 9.17) is 18.0 Å². The van der Waals surface area contributed by atoms with E-state index in [9.17, 15) is 4.79 Å². The molecule has 5 heteroatoms. The second kappa shape index (κ2) is 6.15. The van der Waals surface area contributed by atoms with Crippen molar-refractivity contribution >= 4 is 44.7 Å². The number of benzene rings is 2. The van der Waals surface area contributed by atoms with Gasteiger partial charge in [-0.15, -0.1) is 0 Å². The summed E-state index contributed by atoms with van der Waals surface area (Å²) < 4.78 is 0.764. The highest BCUT2D eigenvalue weighted by Gasteiger charge is 2.10. The maximum absolute atomic E-state index is 12.2. The Morgan fingerprint density at radius 1 is 1.20 bits per heavy atom. The maximum Gasteiger partial charge on any atom is 0.256 e. The Morgan fingerprint density at radius 2 is 1.85 bits per heavy atom. The summed E-state index contributed by atoms with van der Waals surface area (Å²) in [5.74, 6) is -0.163. The van der Waals surface area contributed by atoms with Gasteiger partial charge in [0.15, 0.2) is 0 Å². The largest absolute Gasteiger partial charge is 0.389 e. The van der Waals surface area contributed by atoms with Crippen LogP contribution in [0.2, 0.25) is 0 Å². The van der Waals surface area contributed by atoms with Crippen molar-refractivity contribution in [2.75, 3.05) is 5.32 Å². The van der Waals surface area contributed by atoms with Crippen molar-refractivity contribution in [1.82, 2.24) is 0 Å². The molecule has 0 fully saturated rings. The molecule has 0 unspecified atom stereocenters. The third-order valence-electron chi connectivity index (χ3n) is 2.79. The number of nitrogens with two attached hydrogens (primary N) is 1. The van der Waals surface area contributed by atoms with E-state index >= 15 is 0 Å². The van der Waals surface area contributed by atoms with E-state index in [1.165, 1.54) is 0 Å². The van der Waals surface area contributed by atoms with Gasteiger partial charge in [0.25, 0.3) is 5.91 Å². The highest BCUT2D eigenvalue weighted by Crippen LogP contribution is 2.20. The average molecular weight is 349 g/mol. The van der Waals surface area contributed by atoms with Crippen LogP contribution in [0.3, 0.4) is 0 Å². The first-order chi connectivity index (χ1) is 9.47. The van der Waals surface area contributed by atoms with Crippen LogP contribution in [0.4, 0.5) is 5.69 Å². The Kier molecular flexibility index (Phi) is 4.52. The summed E-state index contributed by atoms with van der Waals surface area (Å²) in [6.07, 6.45) is 0. The average Bonchev–Trinajstić information content (AvgIpc) is 2.42. The number of amides is 1. The monoisotopic (exact) mass is 348 g/mol. The van der Waals surface area contributed by atoms with Gasteiger partial charge in [-0.2, -0.15) is 0 Å². The number of thiocarbonyl (C=S) groups is 1. The molecule has 2 rings (SSSR count). The van der Waals surface area contributed by atoms with Crippen LogP contribution in [0.15, 0.2) is 46.9 Å². The van der Waals surface area contributed by atoms with Crippen LogP contribution in [-0.4, -0.2) is 10.9 Å². The Balaban J connectivity index is 2.19. The lowest BCUT2D eigenvalue weighted by atomic mass is 10.1. The molecule has 0 heterocycles. The molecule has 1 amide bonds. The molecule has 3 nitrogen and oxygen atoms in total. The van der Waals surface area contributed by atoms with Crippen LogP contribution in [-0.2, 0) is 0 Å². The Morgan fingerprint density at radius 3 is 2.45 bits per heavy atom. The first-order valence-electron chi connectivity index (χ1n) is 5.95. The topological polar surface area (TPSA) is 55.1 Å². The minimum atomic E-state index is -0.163. The van der Waals surface area contributed by atoms with Crippen LogP contribution >= 0.6 is 28.1 Å². The van der Waals surface area contributed by atoms with E-state index < -0.39 is 0 Å². The van der Waals surface area contributed by atoms with Crippen molar-refractivity contribution in [3.63, 3.8) is 0 Å². The van der Waals surface area contributed by atoms with Crippen molar-refractivity contribution in [2.45, 2.75) is 6.92 Å². The first kappa shape index (κ1) is 14.7. The SMILES string of the molecule is Cc1ccc(Br)c(C(=O)Nc2ccc(C(N)=S)cc2)c1. The van der Waals surface area contributed by atoms with Crippen molar-refractivity contribution in [3.05, 3.63) is 63.6 Å². The van der Waals surface area contributed by atoms with Gasteiger partial charge in [0.05, 0.1) is 5.56 Å².